The first-order chi connectivity index (χ1) is 11.2. The van der Waals surface area contributed by atoms with Gasteiger partial charge in [0.1, 0.15) is 5.82 Å². The molecule has 0 bridgehead atoms. The molecular formula is C18H24N4O. The summed E-state index contributed by atoms with van der Waals surface area (Å²) in [5.41, 5.74) is 1.55. The van der Waals surface area contributed by atoms with E-state index in [4.69, 9.17) is 0 Å². The van der Waals surface area contributed by atoms with Crippen LogP contribution in [0.15, 0.2) is 42.9 Å². The van der Waals surface area contributed by atoms with Gasteiger partial charge in [0, 0.05) is 38.2 Å². The maximum absolute atomic E-state index is 12.2. The molecule has 0 saturated heterocycles. The van der Waals surface area contributed by atoms with Crippen molar-refractivity contribution in [2.24, 2.45) is 0 Å². The second kappa shape index (κ2) is 8.88. The van der Waals surface area contributed by atoms with E-state index in [1.165, 1.54) is 0 Å². The third-order valence-electron chi connectivity index (χ3n) is 3.50. The number of carbonyl (C=O) groups is 1. The lowest BCUT2D eigenvalue weighted by Crippen LogP contribution is -2.26. The zero-order valence-corrected chi connectivity index (χ0v) is 13.8. The number of hydrogen-bond acceptors (Lipinski definition) is 4. The molecule has 0 unspecified atom stereocenters. The summed E-state index contributed by atoms with van der Waals surface area (Å²) in [5.74, 6) is 0.808. The fourth-order valence-electron chi connectivity index (χ4n) is 2.38. The van der Waals surface area contributed by atoms with Gasteiger partial charge in [-0.3, -0.25) is 9.78 Å². The molecule has 0 atom stereocenters. The summed E-state index contributed by atoms with van der Waals surface area (Å²) in [6.07, 6.45) is 7.26. The van der Waals surface area contributed by atoms with Crippen LogP contribution in [-0.2, 0) is 6.54 Å². The topological polar surface area (TPSA) is 58.1 Å². The molecule has 0 aromatic carbocycles. The largest absolute Gasteiger partial charge is 0.357 e. The molecule has 5 heteroatoms. The highest BCUT2D eigenvalue weighted by molar-refractivity contribution is 5.94. The normalized spacial score (nSPS) is 10.3. The highest BCUT2D eigenvalue weighted by Crippen LogP contribution is 2.12. The smallest absolute Gasteiger partial charge is 0.253 e. The zero-order valence-electron chi connectivity index (χ0n) is 13.8. The number of rotatable bonds is 8. The van der Waals surface area contributed by atoms with Gasteiger partial charge in [0.2, 0.25) is 0 Å². The molecule has 2 heterocycles. The number of nitrogens with one attached hydrogen (secondary N) is 1. The second-order valence-electron chi connectivity index (χ2n) is 5.44. The van der Waals surface area contributed by atoms with E-state index in [1.807, 2.05) is 24.3 Å². The summed E-state index contributed by atoms with van der Waals surface area (Å²) in [4.78, 5) is 22.9. The molecular weight excluding hydrogens is 288 g/mol. The van der Waals surface area contributed by atoms with Crippen LogP contribution >= 0.6 is 0 Å². The second-order valence-corrected chi connectivity index (χ2v) is 5.44. The number of hydrogen-bond donors (Lipinski definition) is 1. The molecule has 2 aromatic heterocycles. The van der Waals surface area contributed by atoms with Crippen molar-refractivity contribution >= 4 is 11.7 Å². The number of aromatic nitrogens is 2. The van der Waals surface area contributed by atoms with Crippen LogP contribution in [0.25, 0.3) is 0 Å². The molecule has 0 aliphatic heterocycles. The Hall–Kier alpha value is -2.43. The lowest BCUT2D eigenvalue weighted by Gasteiger charge is -2.22. The van der Waals surface area contributed by atoms with Crippen molar-refractivity contribution in [1.29, 1.82) is 0 Å². The monoisotopic (exact) mass is 312 g/mol. The van der Waals surface area contributed by atoms with E-state index in [1.54, 1.807) is 18.6 Å². The Balaban J connectivity index is 1.96. The Morgan fingerprint density at radius 2 is 1.91 bits per heavy atom. The van der Waals surface area contributed by atoms with Crippen LogP contribution in [0.4, 0.5) is 5.82 Å². The molecule has 1 amide bonds. The van der Waals surface area contributed by atoms with Gasteiger partial charge < -0.3 is 10.2 Å². The maximum atomic E-state index is 12.2. The first kappa shape index (κ1) is 16.9. The number of carbonyl (C=O) groups excluding carboxylic acids is 1. The van der Waals surface area contributed by atoms with Gasteiger partial charge in [0.15, 0.2) is 0 Å². The van der Waals surface area contributed by atoms with E-state index in [9.17, 15) is 4.79 Å². The summed E-state index contributed by atoms with van der Waals surface area (Å²) >= 11 is 0. The van der Waals surface area contributed by atoms with Gasteiger partial charge in [-0.05, 0) is 36.6 Å². The third-order valence-corrected chi connectivity index (χ3v) is 3.50. The van der Waals surface area contributed by atoms with E-state index in [2.05, 4.69) is 34.0 Å². The van der Waals surface area contributed by atoms with Gasteiger partial charge in [-0.25, -0.2) is 4.98 Å². The summed E-state index contributed by atoms with van der Waals surface area (Å²) in [7, 11) is 0. The van der Waals surface area contributed by atoms with Crippen LogP contribution in [0.5, 0.6) is 0 Å². The van der Waals surface area contributed by atoms with Crippen LogP contribution in [0, 0.1) is 0 Å². The zero-order chi connectivity index (χ0) is 16.5. The van der Waals surface area contributed by atoms with Gasteiger partial charge in [0.05, 0.1) is 5.56 Å². The molecule has 5 nitrogen and oxygen atoms in total. The molecule has 0 aliphatic carbocycles. The molecule has 0 fully saturated rings. The van der Waals surface area contributed by atoms with Crippen LogP contribution < -0.4 is 10.2 Å². The van der Waals surface area contributed by atoms with E-state index in [0.717, 1.165) is 37.3 Å². The minimum atomic E-state index is -0.120. The molecule has 0 aliphatic rings. The van der Waals surface area contributed by atoms with Crippen molar-refractivity contribution in [3.05, 3.63) is 54.0 Å². The number of nitrogens with zero attached hydrogens (tertiary/aromatic N) is 3. The number of pyridine rings is 2. The first-order valence-electron chi connectivity index (χ1n) is 8.12. The van der Waals surface area contributed by atoms with Gasteiger partial charge in [-0.1, -0.05) is 19.9 Å². The molecule has 2 rings (SSSR count). The number of anilines is 1. The molecule has 1 N–H and O–H groups in total. The fourth-order valence-corrected chi connectivity index (χ4v) is 2.38. The van der Waals surface area contributed by atoms with Gasteiger partial charge >= 0.3 is 0 Å². The molecule has 23 heavy (non-hydrogen) atoms. The average Bonchev–Trinajstić information content (AvgIpc) is 2.60. The van der Waals surface area contributed by atoms with Crippen molar-refractivity contribution in [3.63, 3.8) is 0 Å². The van der Waals surface area contributed by atoms with Crippen LogP contribution in [0.1, 0.15) is 42.6 Å². The third kappa shape index (κ3) is 5.06. The predicted molar refractivity (Wildman–Crippen MR) is 92.4 cm³/mol. The average molecular weight is 312 g/mol. The number of amides is 1. The molecule has 0 spiro atoms. The van der Waals surface area contributed by atoms with Crippen LogP contribution in [0.2, 0.25) is 0 Å². The lowest BCUT2D eigenvalue weighted by molar-refractivity contribution is 0.0950. The van der Waals surface area contributed by atoms with Crippen molar-refractivity contribution < 1.29 is 4.79 Å². The Labute approximate surface area is 137 Å². The Kier molecular flexibility index (Phi) is 6.54. The molecule has 122 valence electrons. The van der Waals surface area contributed by atoms with E-state index in [-0.39, 0.29) is 5.91 Å². The van der Waals surface area contributed by atoms with Crippen LogP contribution in [0.3, 0.4) is 0 Å². The van der Waals surface area contributed by atoms with E-state index >= 15 is 0 Å². The van der Waals surface area contributed by atoms with Crippen LogP contribution in [-0.4, -0.2) is 29.0 Å². The molecule has 2 aromatic rings. The van der Waals surface area contributed by atoms with Crippen molar-refractivity contribution in [3.8, 4) is 0 Å². The Morgan fingerprint density at radius 1 is 1.13 bits per heavy atom. The highest BCUT2D eigenvalue weighted by atomic mass is 16.1. The fraction of sp³-hybridized carbons (Fsp3) is 0.389. The molecule has 0 saturated carbocycles. The first-order valence-corrected chi connectivity index (χ1v) is 8.12. The molecule has 0 radical (unpaired) electrons. The van der Waals surface area contributed by atoms with Gasteiger partial charge in [-0.15, -0.1) is 0 Å². The van der Waals surface area contributed by atoms with Crippen molar-refractivity contribution in [2.75, 3.05) is 18.0 Å². The predicted octanol–water partition coefficient (Wildman–Crippen LogP) is 3.03. The summed E-state index contributed by atoms with van der Waals surface area (Å²) < 4.78 is 0. The lowest BCUT2D eigenvalue weighted by atomic mass is 10.2. The SMILES string of the molecule is CCCN(CCC)c1ccc(C(=O)NCc2cccnc2)cn1. The summed E-state index contributed by atoms with van der Waals surface area (Å²) in [6, 6.07) is 7.54. The highest BCUT2D eigenvalue weighted by Gasteiger charge is 2.09. The summed E-state index contributed by atoms with van der Waals surface area (Å²) in [5, 5.41) is 2.88. The Bertz CT molecular complexity index is 592. The van der Waals surface area contributed by atoms with Crippen molar-refractivity contribution in [1.82, 2.24) is 15.3 Å². The van der Waals surface area contributed by atoms with Gasteiger partial charge in [-0.2, -0.15) is 0 Å². The van der Waals surface area contributed by atoms with Crippen molar-refractivity contribution in [2.45, 2.75) is 33.2 Å². The summed E-state index contributed by atoms with van der Waals surface area (Å²) in [6.45, 7) is 6.73. The van der Waals surface area contributed by atoms with E-state index < -0.39 is 0 Å². The van der Waals surface area contributed by atoms with Gasteiger partial charge in [0.25, 0.3) is 5.91 Å². The maximum Gasteiger partial charge on any atom is 0.253 e. The standard InChI is InChI=1S/C18H24N4O/c1-3-10-22(11-4-2)17-8-7-16(14-20-17)18(23)21-13-15-6-5-9-19-12-15/h5-9,12,14H,3-4,10-11,13H2,1-2H3,(H,21,23). The minimum Gasteiger partial charge on any atom is -0.357 e. The Morgan fingerprint density at radius 3 is 2.48 bits per heavy atom. The minimum absolute atomic E-state index is 0.120. The van der Waals surface area contributed by atoms with E-state index in [0.29, 0.717) is 12.1 Å². The quantitative estimate of drug-likeness (QED) is 0.814.